The van der Waals surface area contributed by atoms with Crippen LogP contribution in [0.25, 0.3) is 0 Å². The fourth-order valence-corrected chi connectivity index (χ4v) is 3.31. The number of likely N-dealkylation sites (N-methyl/N-ethyl adjacent to an activating group) is 1. The van der Waals surface area contributed by atoms with Crippen molar-refractivity contribution in [3.63, 3.8) is 0 Å². The molecule has 0 bridgehead atoms. The molecule has 1 saturated heterocycles. The van der Waals surface area contributed by atoms with Crippen LogP contribution in [0.5, 0.6) is 0 Å². The van der Waals surface area contributed by atoms with Crippen LogP contribution in [0.3, 0.4) is 0 Å². The van der Waals surface area contributed by atoms with E-state index in [2.05, 4.69) is 28.9 Å². The number of nitrogens with zero attached hydrogens (tertiary/aromatic N) is 6. The molecule has 4 rings (SSSR count). The molecule has 0 aromatic heterocycles. The minimum absolute atomic E-state index is 0.195. The third kappa shape index (κ3) is 2.80. The molecule has 0 aliphatic carbocycles. The Balaban J connectivity index is 1.81. The van der Waals surface area contributed by atoms with Crippen molar-refractivity contribution in [2.75, 3.05) is 38.2 Å². The smallest absolute Gasteiger partial charge is 0.193 e. The van der Waals surface area contributed by atoms with Gasteiger partial charge in [-0.05, 0) is 32.2 Å². The van der Waals surface area contributed by atoms with Crippen LogP contribution in [0.2, 0.25) is 5.02 Å². The van der Waals surface area contributed by atoms with Gasteiger partial charge in [-0.1, -0.05) is 11.6 Å². The first-order valence-corrected chi connectivity index (χ1v) is 8.72. The van der Waals surface area contributed by atoms with Gasteiger partial charge in [0.1, 0.15) is 0 Å². The summed E-state index contributed by atoms with van der Waals surface area (Å²) in [6.07, 6.45) is 2.77. The molecule has 0 spiro atoms. The molecule has 1 aromatic carbocycles. The Morgan fingerprint density at radius 3 is 2.71 bits per heavy atom. The number of hydrogen-bond acceptors (Lipinski definition) is 6. The maximum Gasteiger partial charge on any atom is 0.193 e. The van der Waals surface area contributed by atoms with Gasteiger partial charge in [-0.3, -0.25) is 4.99 Å². The van der Waals surface area contributed by atoms with E-state index in [-0.39, 0.29) is 6.04 Å². The number of benzene rings is 1. The van der Waals surface area contributed by atoms with Gasteiger partial charge in [0, 0.05) is 43.8 Å². The number of amidine groups is 2. The number of anilines is 1. The number of aliphatic imine (C=N–C) groups is 2. The average molecular weight is 345 g/mol. The summed E-state index contributed by atoms with van der Waals surface area (Å²) in [5.41, 5.74) is 1.78. The zero-order valence-corrected chi connectivity index (χ0v) is 14.7. The summed E-state index contributed by atoms with van der Waals surface area (Å²) in [5.74, 6) is 1.75. The molecule has 24 heavy (non-hydrogen) atoms. The van der Waals surface area contributed by atoms with E-state index >= 15 is 0 Å². The summed E-state index contributed by atoms with van der Waals surface area (Å²) in [7, 11) is 2.15. The first kappa shape index (κ1) is 15.6. The second-order valence-electron chi connectivity index (χ2n) is 6.51. The van der Waals surface area contributed by atoms with E-state index in [0.29, 0.717) is 5.02 Å². The Kier molecular flexibility index (Phi) is 4.02. The molecule has 0 saturated carbocycles. The van der Waals surface area contributed by atoms with Crippen molar-refractivity contribution in [1.29, 1.82) is 0 Å². The molecule has 0 radical (unpaired) electrons. The first-order chi connectivity index (χ1) is 11.6. The van der Waals surface area contributed by atoms with Crippen molar-refractivity contribution < 1.29 is 0 Å². The summed E-state index contributed by atoms with van der Waals surface area (Å²) in [6.45, 7) is 6.04. The van der Waals surface area contributed by atoms with Crippen molar-refractivity contribution in [2.45, 2.75) is 19.4 Å². The van der Waals surface area contributed by atoms with Crippen LogP contribution in [0, 0.1) is 0 Å². The van der Waals surface area contributed by atoms with Crippen molar-refractivity contribution in [2.24, 2.45) is 15.1 Å². The Morgan fingerprint density at radius 1 is 1.12 bits per heavy atom. The maximum absolute atomic E-state index is 6.18. The highest BCUT2D eigenvalue weighted by atomic mass is 35.5. The molecule has 1 fully saturated rings. The lowest BCUT2D eigenvalue weighted by Crippen LogP contribution is -2.52. The number of piperazine rings is 1. The molecule has 1 unspecified atom stereocenters. The topological polar surface area (TPSA) is 46.8 Å². The van der Waals surface area contributed by atoms with Crippen LogP contribution >= 0.6 is 11.6 Å². The van der Waals surface area contributed by atoms with Crippen LogP contribution in [0.15, 0.2) is 33.3 Å². The number of hydrogen-bond donors (Lipinski definition) is 0. The van der Waals surface area contributed by atoms with E-state index in [4.69, 9.17) is 21.6 Å². The van der Waals surface area contributed by atoms with Crippen LogP contribution in [0.1, 0.15) is 13.3 Å². The molecular weight excluding hydrogens is 324 g/mol. The predicted octanol–water partition coefficient (Wildman–Crippen LogP) is 2.61. The Morgan fingerprint density at radius 2 is 1.92 bits per heavy atom. The minimum atomic E-state index is 0.195. The predicted molar refractivity (Wildman–Crippen MR) is 100 cm³/mol. The molecule has 6 nitrogen and oxygen atoms in total. The normalized spacial score (nSPS) is 24.0. The van der Waals surface area contributed by atoms with Crippen molar-refractivity contribution >= 4 is 40.9 Å². The van der Waals surface area contributed by atoms with Gasteiger partial charge >= 0.3 is 0 Å². The third-order valence-electron chi connectivity index (χ3n) is 4.58. The third-order valence-corrected chi connectivity index (χ3v) is 4.82. The van der Waals surface area contributed by atoms with Gasteiger partial charge in [-0.15, -0.1) is 0 Å². The van der Waals surface area contributed by atoms with Crippen LogP contribution in [-0.2, 0) is 0 Å². The zero-order chi connectivity index (χ0) is 16.7. The number of halogens is 1. The summed E-state index contributed by atoms with van der Waals surface area (Å²) >= 11 is 6.18. The standard InChI is InChI=1S/C17H21ClN6/c1-12-5-6-19-24-15-4-3-13(18)11-14(15)21-16(17(24)20-12)23-9-7-22(2)8-10-23/h3-4,6,11-12H,5,7-10H2,1-2H3. The molecule has 126 valence electrons. The van der Waals surface area contributed by atoms with Crippen LogP contribution in [0.4, 0.5) is 11.4 Å². The Bertz CT molecular complexity index is 733. The summed E-state index contributed by atoms with van der Waals surface area (Å²) in [4.78, 5) is 14.4. The molecule has 3 aliphatic heterocycles. The highest BCUT2D eigenvalue weighted by Gasteiger charge is 2.32. The van der Waals surface area contributed by atoms with E-state index in [0.717, 1.165) is 55.6 Å². The van der Waals surface area contributed by atoms with Gasteiger partial charge in [0.2, 0.25) is 0 Å². The largest absolute Gasteiger partial charge is 0.351 e. The highest BCUT2D eigenvalue weighted by Crippen LogP contribution is 2.36. The van der Waals surface area contributed by atoms with E-state index in [1.807, 2.05) is 29.4 Å². The summed E-state index contributed by atoms with van der Waals surface area (Å²) in [6, 6.07) is 5.93. The lowest BCUT2D eigenvalue weighted by molar-refractivity contribution is 0.217. The van der Waals surface area contributed by atoms with Crippen LogP contribution in [-0.4, -0.2) is 67.0 Å². The molecule has 1 aromatic rings. The molecule has 0 N–H and O–H groups in total. The van der Waals surface area contributed by atoms with Gasteiger partial charge in [-0.2, -0.15) is 5.10 Å². The minimum Gasteiger partial charge on any atom is -0.351 e. The lowest BCUT2D eigenvalue weighted by Gasteiger charge is -2.38. The Hall–Kier alpha value is -1.92. The van der Waals surface area contributed by atoms with Gasteiger partial charge in [-0.25, -0.2) is 10.0 Å². The fourth-order valence-electron chi connectivity index (χ4n) is 3.14. The number of rotatable bonds is 0. The highest BCUT2D eigenvalue weighted by molar-refractivity contribution is 6.47. The van der Waals surface area contributed by atoms with Crippen molar-refractivity contribution in [3.8, 4) is 0 Å². The number of fused-ring (bicyclic) bond motifs is 3. The SMILES string of the molecule is CC1CC=NN2C(=N1)C(N1CCN(C)CC1)=Nc1cc(Cl)ccc12. The molecular formula is C17H21ClN6. The van der Waals surface area contributed by atoms with Crippen molar-refractivity contribution in [1.82, 2.24) is 9.80 Å². The monoisotopic (exact) mass is 344 g/mol. The molecule has 7 heteroatoms. The molecule has 0 amide bonds. The number of hydrazone groups is 1. The van der Waals surface area contributed by atoms with Gasteiger partial charge < -0.3 is 9.80 Å². The molecule has 1 atom stereocenters. The van der Waals surface area contributed by atoms with Gasteiger partial charge in [0.25, 0.3) is 0 Å². The van der Waals surface area contributed by atoms with Crippen molar-refractivity contribution in [3.05, 3.63) is 23.2 Å². The van der Waals surface area contributed by atoms with E-state index in [1.54, 1.807) is 0 Å². The van der Waals surface area contributed by atoms with E-state index in [9.17, 15) is 0 Å². The van der Waals surface area contributed by atoms with Gasteiger partial charge in [0.05, 0.1) is 17.4 Å². The van der Waals surface area contributed by atoms with Gasteiger partial charge in [0.15, 0.2) is 11.7 Å². The fraction of sp³-hybridized carbons (Fsp3) is 0.471. The second kappa shape index (κ2) is 6.18. The van der Waals surface area contributed by atoms with E-state index < -0.39 is 0 Å². The molecule has 3 aliphatic rings. The zero-order valence-electron chi connectivity index (χ0n) is 14.0. The molecule has 3 heterocycles. The second-order valence-corrected chi connectivity index (χ2v) is 6.94. The Labute approximate surface area is 147 Å². The average Bonchev–Trinajstić information content (AvgIpc) is 2.76. The maximum atomic E-state index is 6.18. The quantitative estimate of drug-likeness (QED) is 0.727. The lowest BCUT2D eigenvalue weighted by atomic mass is 10.2. The van der Waals surface area contributed by atoms with E-state index in [1.165, 1.54) is 0 Å². The first-order valence-electron chi connectivity index (χ1n) is 8.34. The summed E-state index contributed by atoms with van der Waals surface area (Å²) in [5, 5.41) is 7.24. The van der Waals surface area contributed by atoms with Crippen LogP contribution < -0.4 is 5.01 Å². The summed E-state index contributed by atoms with van der Waals surface area (Å²) < 4.78 is 0.